The molecule has 2 amide bonds. The lowest BCUT2D eigenvalue weighted by Crippen LogP contribution is -2.24. The summed E-state index contributed by atoms with van der Waals surface area (Å²) < 4.78 is 7.83. The van der Waals surface area contributed by atoms with E-state index in [2.05, 4.69) is 20.7 Å². The topological polar surface area (TPSA) is 102 Å². The maximum Gasteiger partial charge on any atom is 0.326 e. The van der Waals surface area contributed by atoms with Crippen LogP contribution in [0.1, 0.15) is 0 Å². The van der Waals surface area contributed by atoms with Gasteiger partial charge in [-0.25, -0.2) is 9.78 Å². The fraction of sp³-hybridized carbons (Fsp3) is 0.0435. The first-order valence-electron chi connectivity index (χ1n) is 9.82. The predicted octanol–water partition coefficient (Wildman–Crippen LogP) is 3.66. The minimum Gasteiger partial charge on any atom is -0.497 e. The smallest absolute Gasteiger partial charge is 0.326 e. The highest BCUT2D eigenvalue weighted by atomic mass is 16.5. The first-order valence-corrected chi connectivity index (χ1v) is 9.82. The molecule has 0 spiro atoms. The second-order valence-corrected chi connectivity index (χ2v) is 6.95. The van der Waals surface area contributed by atoms with Crippen molar-refractivity contribution in [2.75, 3.05) is 17.7 Å². The first kappa shape index (κ1) is 19.3. The number of benzene rings is 3. The van der Waals surface area contributed by atoms with E-state index >= 15 is 0 Å². The Bertz CT molecular complexity index is 1490. The summed E-state index contributed by atoms with van der Waals surface area (Å²) >= 11 is 0. The third-order valence-corrected chi connectivity index (χ3v) is 4.93. The Hall–Kier alpha value is -4.66. The number of rotatable bonds is 4. The number of aromatic nitrogens is 4. The third kappa shape index (κ3) is 3.41. The second-order valence-electron chi connectivity index (χ2n) is 6.95. The first-order chi connectivity index (χ1) is 15.6. The van der Waals surface area contributed by atoms with E-state index in [9.17, 15) is 9.59 Å². The van der Waals surface area contributed by atoms with E-state index in [-0.39, 0.29) is 17.2 Å². The summed E-state index contributed by atoms with van der Waals surface area (Å²) in [5.74, 6) is 0.784. The molecule has 9 heteroatoms. The quantitative estimate of drug-likeness (QED) is 0.457. The molecule has 0 radical (unpaired) electrons. The van der Waals surface area contributed by atoms with Gasteiger partial charge in [-0.3, -0.25) is 10.1 Å². The maximum absolute atomic E-state index is 13.2. The molecule has 158 valence electrons. The van der Waals surface area contributed by atoms with E-state index in [0.29, 0.717) is 28.0 Å². The van der Waals surface area contributed by atoms with Crippen LogP contribution in [-0.4, -0.2) is 32.4 Å². The summed E-state index contributed by atoms with van der Waals surface area (Å²) in [4.78, 5) is 30.4. The molecule has 0 unspecified atom stereocenters. The number of nitrogens with one attached hydrogen (secondary N) is 2. The lowest BCUT2D eigenvalue weighted by Gasteiger charge is -2.10. The van der Waals surface area contributed by atoms with Crippen molar-refractivity contribution >= 4 is 28.7 Å². The monoisotopic (exact) mass is 426 g/mol. The third-order valence-electron chi connectivity index (χ3n) is 4.93. The van der Waals surface area contributed by atoms with E-state index in [0.717, 1.165) is 0 Å². The molecule has 0 fully saturated rings. The summed E-state index contributed by atoms with van der Waals surface area (Å²) in [5.41, 5.74) is 2.31. The Morgan fingerprint density at radius 3 is 2.38 bits per heavy atom. The van der Waals surface area contributed by atoms with Gasteiger partial charge in [0.15, 0.2) is 5.69 Å². The van der Waals surface area contributed by atoms with Crippen LogP contribution >= 0.6 is 0 Å². The molecule has 2 heterocycles. The number of para-hydroxylation sites is 2. The fourth-order valence-corrected chi connectivity index (χ4v) is 3.41. The Morgan fingerprint density at radius 2 is 1.62 bits per heavy atom. The molecule has 32 heavy (non-hydrogen) atoms. The zero-order valence-corrected chi connectivity index (χ0v) is 17.0. The van der Waals surface area contributed by atoms with E-state index in [1.807, 2.05) is 42.5 Å². The SMILES string of the molecule is COc1ccc(NC(=O)Nc2nc3ccccc3n3c(=O)c(-c4ccccc4)nn23)cc1. The second kappa shape index (κ2) is 7.88. The summed E-state index contributed by atoms with van der Waals surface area (Å²) in [5, 5.41) is 9.89. The van der Waals surface area contributed by atoms with Crippen molar-refractivity contribution in [3.63, 3.8) is 0 Å². The van der Waals surface area contributed by atoms with Crippen LogP contribution in [0.4, 0.5) is 16.4 Å². The minimum atomic E-state index is -0.524. The number of hydrogen-bond acceptors (Lipinski definition) is 5. The molecule has 0 bridgehead atoms. The number of carbonyl (C=O) groups excluding carboxylic acids is 1. The molecule has 0 saturated heterocycles. The van der Waals surface area contributed by atoms with Crippen LogP contribution in [0, 0.1) is 0 Å². The molecule has 0 aliphatic rings. The molecule has 0 aliphatic heterocycles. The van der Waals surface area contributed by atoms with Crippen LogP contribution in [0.25, 0.3) is 22.3 Å². The number of amides is 2. The summed E-state index contributed by atoms with van der Waals surface area (Å²) in [7, 11) is 1.57. The molecule has 9 nitrogen and oxygen atoms in total. The van der Waals surface area contributed by atoms with Gasteiger partial charge in [-0.2, -0.15) is 4.52 Å². The normalized spacial score (nSPS) is 10.9. The van der Waals surface area contributed by atoms with Crippen molar-refractivity contribution < 1.29 is 9.53 Å². The standard InChI is InChI=1S/C23H18N6O3/c1-32-17-13-11-16(12-14-17)24-23(31)26-22-25-18-9-5-6-10-19(18)28-21(30)20(27-29(22)28)15-7-3-2-4-8-15/h2-14H,1H3,(H2,24,25,26,31). The molecule has 5 aromatic rings. The number of methoxy groups -OCH3 is 1. The minimum absolute atomic E-state index is 0.106. The van der Waals surface area contributed by atoms with Gasteiger partial charge in [0.1, 0.15) is 5.75 Å². The molecule has 0 aliphatic carbocycles. The Kier molecular flexibility index (Phi) is 4.75. The van der Waals surface area contributed by atoms with Gasteiger partial charge in [0.2, 0.25) is 5.95 Å². The van der Waals surface area contributed by atoms with Gasteiger partial charge in [0, 0.05) is 11.3 Å². The molecule has 2 N–H and O–H groups in total. The number of hydrogen-bond donors (Lipinski definition) is 2. The van der Waals surface area contributed by atoms with Crippen LogP contribution in [0.5, 0.6) is 5.75 Å². The van der Waals surface area contributed by atoms with Gasteiger partial charge in [-0.1, -0.05) is 42.5 Å². The number of anilines is 2. The van der Waals surface area contributed by atoms with Crippen molar-refractivity contribution in [1.82, 2.24) is 19.2 Å². The molecule has 3 aromatic carbocycles. The van der Waals surface area contributed by atoms with E-state index in [1.165, 1.54) is 9.15 Å². The van der Waals surface area contributed by atoms with Crippen LogP contribution in [0.3, 0.4) is 0 Å². The van der Waals surface area contributed by atoms with Crippen LogP contribution in [0.15, 0.2) is 83.7 Å². The van der Waals surface area contributed by atoms with Crippen molar-refractivity contribution in [1.29, 1.82) is 0 Å². The average Bonchev–Trinajstić information content (AvgIpc) is 3.18. The molecule has 0 atom stereocenters. The number of urea groups is 1. The Morgan fingerprint density at radius 1 is 0.906 bits per heavy atom. The highest BCUT2D eigenvalue weighted by Gasteiger charge is 2.18. The van der Waals surface area contributed by atoms with Gasteiger partial charge in [0.05, 0.1) is 18.1 Å². The average molecular weight is 426 g/mol. The van der Waals surface area contributed by atoms with Crippen molar-refractivity contribution in [3.05, 3.63) is 89.2 Å². The fourth-order valence-electron chi connectivity index (χ4n) is 3.41. The van der Waals surface area contributed by atoms with E-state index in [1.54, 1.807) is 43.5 Å². The molecule has 0 saturated carbocycles. The molecular weight excluding hydrogens is 408 g/mol. The maximum atomic E-state index is 13.2. The van der Waals surface area contributed by atoms with Gasteiger partial charge >= 0.3 is 6.03 Å². The number of ether oxygens (including phenoxy) is 1. The van der Waals surface area contributed by atoms with Gasteiger partial charge in [0.25, 0.3) is 5.56 Å². The summed E-state index contributed by atoms with van der Waals surface area (Å²) in [6, 6.07) is 22.7. The summed E-state index contributed by atoms with van der Waals surface area (Å²) in [6.07, 6.45) is 0. The molecule has 2 aromatic heterocycles. The predicted molar refractivity (Wildman–Crippen MR) is 121 cm³/mol. The molecule has 5 rings (SSSR count). The van der Waals surface area contributed by atoms with Gasteiger partial charge < -0.3 is 10.1 Å². The van der Waals surface area contributed by atoms with Gasteiger partial charge in [-0.15, -0.1) is 9.73 Å². The van der Waals surface area contributed by atoms with Gasteiger partial charge in [-0.05, 0) is 36.4 Å². The van der Waals surface area contributed by atoms with Crippen molar-refractivity contribution in [2.45, 2.75) is 0 Å². The zero-order valence-electron chi connectivity index (χ0n) is 17.0. The van der Waals surface area contributed by atoms with Crippen molar-refractivity contribution in [3.8, 4) is 17.0 Å². The Balaban J connectivity index is 1.58. The molecular formula is C23H18N6O3. The highest BCUT2D eigenvalue weighted by molar-refractivity contribution is 5.99. The van der Waals surface area contributed by atoms with Crippen LogP contribution in [0.2, 0.25) is 0 Å². The van der Waals surface area contributed by atoms with Crippen molar-refractivity contribution in [2.24, 2.45) is 0 Å². The number of carbonyl (C=O) groups is 1. The summed E-state index contributed by atoms with van der Waals surface area (Å²) in [6.45, 7) is 0. The van der Waals surface area contributed by atoms with E-state index < -0.39 is 6.03 Å². The van der Waals surface area contributed by atoms with E-state index in [4.69, 9.17) is 4.74 Å². The Labute approximate surface area is 181 Å². The lowest BCUT2D eigenvalue weighted by atomic mass is 10.2. The highest BCUT2D eigenvalue weighted by Crippen LogP contribution is 2.19. The largest absolute Gasteiger partial charge is 0.497 e. The van der Waals surface area contributed by atoms with Crippen LogP contribution < -0.4 is 20.9 Å². The lowest BCUT2D eigenvalue weighted by molar-refractivity contribution is 0.262. The zero-order chi connectivity index (χ0) is 22.1. The van der Waals surface area contributed by atoms with Crippen LogP contribution in [-0.2, 0) is 0 Å². The number of nitrogens with zero attached hydrogens (tertiary/aromatic N) is 4. The number of fused-ring (bicyclic) bond motifs is 3.